The van der Waals surface area contributed by atoms with Gasteiger partial charge >= 0.3 is 0 Å². The summed E-state index contributed by atoms with van der Waals surface area (Å²) in [6, 6.07) is 5.63. The molecule has 0 fully saturated rings. The second-order valence-corrected chi connectivity index (χ2v) is 4.99. The van der Waals surface area contributed by atoms with Crippen LogP contribution in [0.4, 0.5) is 5.82 Å². The molecule has 0 saturated heterocycles. The number of rotatable bonds is 1. The molecule has 3 nitrogen and oxygen atoms in total. The number of halogens is 2. The first kappa shape index (κ1) is 12.3. The van der Waals surface area contributed by atoms with E-state index in [0.29, 0.717) is 16.7 Å². The fraction of sp³-hybridized carbons (Fsp3) is 0.167. The van der Waals surface area contributed by atoms with E-state index in [0.717, 1.165) is 21.3 Å². The van der Waals surface area contributed by atoms with Gasteiger partial charge in [0.1, 0.15) is 11.6 Å². The summed E-state index contributed by atoms with van der Waals surface area (Å²) in [6.07, 6.45) is 0. The van der Waals surface area contributed by atoms with Crippen LogP contribution in [0.2, 0.25) is 5.02 Å². The fourth-order valence-corrected chi connectivity index (χ4v) is 2.55. The van der Waals surface area contributed by atoms with Crippen LogP contribution in [0, 0.1) is 13.8 Å². The Kier molecular flexibility index (Phi) is 3.35. The van der Waals surface area contributed by atoms with Crippen molar-refractivity contribution in [3.63, 3.8) is 0 Å². The monoisotopic (exact) mass is 311 g/mol. The third-order valence-electron chi connectivity index (χ3n) is 2.49. The van der Waals surface area contributed by atoms with Crippen molar-refractivity contribution >= 4 is 33.3 Å². The summed E-state index contributed by atoms with van der Waals surface area (Å²) in [5.74, 6) is 1.12. The van der Waals surface area contributed by atoms with Gasteiger partial charge in [0.05, 0.1) is 10.7 Å². The highest BCUT2D eigenvalue weighted by molar-refractivity contribution is 9.10. The Morgan fingerprint density at radius 1 is 1.24 bits per heavy atom. The molecule has 1 aromatic carbocycles. The van der Waals surface area contributed by atoms with Gasteiger partial charge in [0.2, 0.25) is 0 Å². The molecule has 1 heterocycles. The third-order valence-corrected chi connectivity index (χ3v) is 3.47. The minimum Gasteiger partial charge on any atom is -0.383 e. The van der Waals surface area contributed by atoms with E-state index < -0.39 is 0 Å². The van der Waals surface area contributed by atoms with E-state index >= 15 is 0 Å². The highest BCUT2D eigenvalue weighted by atomic mass is 79.9. The standard InChI is InChI=1S/C12H11BrClN3/c1-6-11(16-7(2)17-12(6)15)10-8(13)4-3-5-9(10)14/h3-5H,1-2H3,(H2,15,16,17). The topological polar surface area (TPSA) is 51.8 Å². The lowest BCUT2D eigenvalue weighted by molar-refractivity contribution is 1.05. The van der Waals surface area contributed by atoms with Crippen LogP contribution < -0.4 is 5.73 Å². The summed E-state index contributed by atoms with van der Waals surface area (Å²) >= 11 is 9.69. The average Bonchev–Trinajstić information content (AvgIpc) is 2.24. The number of anilines is 1. The summed E-state index contributed by atoms with van der Waals surface area (Å²) < 4.78 is 0.894. The van der Waals surface area contributed by atoms with E-state index in [4.69, 9.17) is 17.3 Å². The number of nitrogens with two attached hydrogens (primary N) is 1. The summed E-state index contributed by atoms with van der Waals surface area (Å²) in [4.78, 5) is 8.55. The van der Waals surface area contributed by atoms with E-state index in [-0.39, 0.29) is 0 Å². The van der Waals surface area contributed by atoms with E-state index in [1.807, 2.05) is 32.0 Å². The maximum atomic E-state index is 6.21. The highest BCUT2D eigenvalue weighted by Gasteiger charge is 2.14. The molecular weight excluding hydrogens is 302 g/mol. The molecule has 0 spiro atoms. The van der Waals surface area contributed by atoms with E-state index in [2.05, 4.69) is 25.9 Å². The van der Waals surface area contributed by atoms with Gasteiger partial charge in [-0.3, -0.25) is 0 Å². The molecule has 0 bridgehead atoms. The van der Waals surface area contributed by atoms with Crippen molar-refractivity contribution in [2.75, 3.05) is 5.73 Å². The largest absolute Gasteiger partial charge is 0.383 e. The van der Waals surface area contributed by atoms with Crippen molar-refractivity contribution in [1.29, 1.82) is 0 Å². The zero-order chi connectivity index (χ0) is 12.6. The predicted molar refractivity (Wildman–Crippen MR) is 74.1 cm³/mol. The lowest BCUT2D eigenvalue weighted by Gasteiger charge is -2.11. The van der Waals surface area contributed by atoms with Crippen LogP contribution in [-0.4, -0.2) is 9.97 Å². The van der Waals surface area contributed by atoms with Crippen molar-refractivity contribution in [3.05, 3.63) is 39.1 Å². The Balaban J connectivity index is 2.77. The Morgan fingerprint density at radius 2 is 1.94 bits per heavy atom. The second-order valence-electron chi connectivity index (χ2n) is 3.73. The first-order chi connectivity index (χ1) is 8.00. The van der Waals surface area contributed by atoms with Crippen LogP contribution >= 0.6 is 27.5 Å². The van der Waals surface area contributed by atoms with Gasteiger partial charge in [0.25, 0.3) is 0 Å². The maximum Gasteiger partial charge on any atom is 0.130 e. The lowest BCUT2D eigenvalue weighted by Crippen LogP contribution is -2.02. The van der Waals surface area contributed by atoms with Gasteiger partial charge in [-0.15, -0.1) is 0 Å². The van der Waals surface area contributed by atoms with Crippen molar-refractivity contribution < 1.29 is 0 Å². The lowest BCUT2D eigenvalue weighted by atomic mass is 10.1. The van der Waals surface area contributed by atoms with Crippen LogP contribution in [0.1, 0.15) is 11.4 Å². The minimum absolute atomic E-state index is 0.485. The Hall–Kier alpha value is -1.13. The maximum absolute atomic E-state index is 6.21. The Labute approximate surface area is 113 Å². The third kappa shape index (κ3) is 2.28. The quantitative estimate of drug-likeness (QED) is 0.872. The van der Waals surface area contributed by atoms with Crippen LogP contribution in [-0.2, 0) is 0 Å². The Bertz CT molecular complexity index is 564. The zero-order valence-electron chi connectivity index (χ0n) is 9.46. The molecule has 1 aromatic heterocycles. The van der Waals surface area contributed by atoms with Gasteiger partial charge in [0.15, 0.2) is 0 Å². The molecule has 0 aliphatic heterocycles. The normalized spacial score (nSPS) is 10.6. The number of nitrogen functional groups attached to an aromatic ring is 1. The van der Waals surface area contributed by atoms with Gasteiger partial charge in [-0.25, -0.2) is 9.97 Å². The van der Waals surface area contributed by atoms with Gasteiger partial charge in [-0.2, -0.15) is 0 Å². The fourth-order valence-electron chi connectivity index (χ4n) is 1.62. The summed E-state index contributed by atoms with van der Waals surface area (Å²) in [6.45, 7) is 3.70. The molecule has 0 aliphatic rings. The minimum atomic E-state index is 0.485. The van der Waals surface area contributed by atoms with Crippen molar-refractivity contribution in [3.8, 4) is 11.3 Å². The number of nitrogens with zero attached hydrogens (tertiary/aromatic N) is 2. The van der Waals surface area contributed by atoms with Crippen molar-refractivity contribution in [1.82, 2.24) is 9.97 Å². The smallest absolute Gasteiger partial charge is 0.130 e. The van der Waals surface area contributed by atoms with Crippen molar-refractivity contribution in [2.45, 2.75) is 13.8 Å². The van der Waals surface area contributed by atoms with E-state index in [1.165, 1.54) is 0 Å². The molecular formula is C12H11BrClN3. The van der Waals surface area contributed by atoms with Crippen LogP contribution in [0.15, 0.2) is 22.7 Å². The molecule has 88 valence electrons. The molecule has 0 aliphatic carbocycles. The second kappa shape index (κ2) is 4.63. The highest BCUT2D eigenvalue weighted by Crippen LogP contribution is 2.36. The Morgan fingerprint density at radius 3 is 2.59 bits per heavy atom. The SMILES string of the molecule is Cc1nc(N)c(C)c(-c2c(Cl)cccc2Br)n1. The molecule has 2 rings (SSSR count). The number of aryl methyl sites for hydroxylation is 1. The summed E-state index contributed by atoms with van der Waals surface area (Å²) in [7, 11) is 0. The summed E-state index contributed by atoms with van der Waals surface area (Å²) in [5, 5.41) is 0.639. The molecule has 0 amide bonds. The van der Waals surface area contributed by atoms with E-state index in [9.17, 15) is 0 Å². The molecule has 2 aromatic rings. The first-order valence-corrected chi connectivity index (χ1v) is 6.23. The predicted octanol–water partition coefficient (Wildman–Crippen LogP) is 3.76. The van der Waals surface area contributed by atoms with Gasteiger partial charge in [-0.1, -0.05) is 33.6 Å². The zero-order valence-corrected chi connectivity index (χ0v) is 11.8. The molecule has 5 heteroatoms. The summed E-state index contributed by atoms with van der Waals surface area (Å²) in [5.41, 5.74) is 8.31. The van der Waals surface area contributed by atoms with Gasteiger partial charge < -0.3 is 5.73 Å². The molecule has 2 N–H and O–H groups in total. The average molecular weight is 313 g/mol. The number of hydrogen-bond donors (Lipinski definition) is 1. The number of benzene rings is 1. The van der Waals surface area contributed by atoms with Gasteiger partial charge in [0, 0.05) is 15.6 Å². The number of hydrogen-bond acceptors (Lipinski definition) is 3. The van der Waals surface area contributed by atoms with Gasteiger partial charge in [-0.05, 0) is 26.0 Å². The van der Waals surface area contributed by atoms with Crippen molar-refractivity contribution in [2.24, 2.45) is 0 Å². The molecule has 0 saturated carbocycles. The van der Waals surface area contributed by atoms with Crippen LogP contribution in [0.5, 0.6) is 0 Å². The number of aromatic nitrogens is 2. The molecule has 0 unspecified atom stereocenters. The molecule has 0 atom stereocenters. The van der Waals surface area contributed by atoms with Crippen LogP contribution in [0.3, 0.4) is 0 Å². The molecule has 0 radical (unpaired) electrons. The first-order valence-electron chi connectivity index (χ1n) is 5.06. The van der Waals surface area contributed by atoms with Crippen LogP contribution in [0.25, 0.3) is 11.3 Å². The molecule has 17 heavy (non-hydrogen) atoms. The van der Waals surface area contributed by atoms with E-state index in [1.54, 1.807) is 0 Å².